The van der Waals surface area contributed by atoms with Crippen LogP contribution in [0.4, 0.5) is 0 Å². The minimum atomic E-state index is 0.390. The number of rotatable bonds is 7. The van der Waals surface area contributed by atoms with Crippen LogP contribution in [0.2, 0.25) is 0 Å². The van der Waals surface area contributed by atoms with E-state index in [0.717, 1.165) is 66.6 Å². The second-order valence-electron chi connectivity index (χ2n) is 11.0. The predicted molar refractivity (Wildman–Crippen MR) is 189 cm³/mol. The molecular formula is C40H29N5. The highest BCUT2D eigenvalue weighted by atomic mass is 15.1. The molecule has 45 heavy (non-hydrogen) atoms. The Hall–Kier alpha value is -6.07. The number of hydrogen-bond acceptors (Lipinski definition) is 3. The summed E-state index contributed by atoms with van der Waals surface area (Å²) in [7, 11) is 0. The van der Waals surface area contributed by atoms with Gasteiger partial charge in [0, 0.05) is 33.6 Å². The molecule has 0 aliphatic rings. The van der Waals surface area contributed by atoms with Crippen molar-refractivity contribution in [3.63, 3.8) is 0 Å². The first-order valence-corrected chi connectivity index (χ1v) is 15.0. The maximum atomic E-state index is 5.29. The van der Waals surface area contributed by atoms with Crippen molar-refractivity contribution in [2.24, 2.45) is 9.98 Å². The fourth-order valence-electron chi connectivity index (χ4n) is 6.34. The van der Waals surface area contributed by atoms with Gasteiger partial charge in [0.15, 0.2) is 0 Å². The lowest BCUT2D eigenvalue weighted by molar-refractivity contribution is 0.794. The first kappa shape index (κ1) is 26.5. The Morgan fingerprint density at radius 3 is 1.93 bits per heavy atom. The summed E-state index contributed by atoms with van der Waals surface area (Å²) in [6, 6.07) is 48.0. The first-order chi connectivity index (χ1) is 22.3. The van der Waals surface area contributed by atoms with Crippen molar-refractivity contribution in [1.29, 1.82) is 0 Å². The van der Waals surface area contributed by atoms with Crippen molar-refractivity contribution in [3.05, 3.63) is 163 Å². The lowest BCUT2D eigenvalue weighted by atomic mass is 10.1. The van der Waals surface area contributed by atoms with Crippen molar-refractivity contribution in [2.45, 2.75) is 6.67 Å². The third-order valence-corrected chi connectivity index (χ3v) is 8.38. The third-order valence-electron chi connectivity index (χ3n) is 8.38. The van der Waals surface area contributed by atoms with Gasteiger partial charge in [-0.25, -0.2) is 0 Å². The molecule has 0 atom stereocenters. The van der Waals surface area contributed by atoms with E-state index < -0.39 is 0 Å². The molecule has 3 aromatic heterocycles. The molecule has 8 aromatic rings. The average molecular weight is 580 g/mol. The molecular weight excluding hydrogens is 550 g/mol. The standard InChI is InChI=1S/C40H29N5/c1-41-34(28-15-5-2-6-16-28)25-35(29-17-7-3-8-18-29)43-27-44-36-23-13-12-22-32(36)38-40(44)39-33(26-42-38)31-21-11-14-24-37(31)45(39)30-19-9-4-10-20-30/h2-26H,1,27H2/b34-25-,43-35+. The van der Waals surface area contributed by atoms with Gasteiger partial charge in [-0.1, -0.05) is 115 Å². The van der Waals surface area contributed by atoms with E-state index in [9.17, 15) is 0 Å². The van der Waals surface area contributed by atoms with Crippen molar-refractivity contribution in [3.8, 4) is 5.69 Å². The van der Waals surface area contributed by atoms with Crippen LogP contribution in [0.1, 0.15) is 11.1 Å². The van der Waals surface area contributed by atoms with E-state index in [4.69, 9.17) is 9.98 Å². The number of nitrogens with zero attached hydrogens (tertiary/aromatic N) is 5. The van der Waals surface area contributed by atoms with Crippen LogP contribution in [0.3, 0.4) is 0 Å². The highest BCUT2D eigenvalue weighted by Crippen LogP contribution is 2.39. The van der Waals surface area contributed by atoms with Gasteiger partial charge in [0.2, 0.25) is 0 Å². The second kappa shape index (κ2) is 11.2. The molecule has 5 nitrogen and oxygen atoms in total. The Morgan fingerprint density at radius 2 is 1.22 bits per heavy atom. The van der Waals surface area contributed by atoms with E-state index in [2.05, 4.69) is 112 Å². The first-order valence-electron chi connectivity index (χ1n) is 15.0. The summed E-state index contributed by atoms with van der Waals surface area (Å²) in [6.45, 7) is 4.27. The van der Waals surface area contributed by atoms with E-state index in [1.54, 1.807) is 0 Å². The van der Waals surface area contributed by atoms with Crippen LogP contribution in [0, 0.1) is 0 Å². The SMILES string of the molecule is C=N/C(=C\C(=N/Cn1c2ccccc2c2ncc3c4ccccc4n(-c4ccccc4)c3c21)c1ccccc1)c1ccccc1. The zero-order valence-electron chi connectivity index (χ0n) is 24.6. The molecule has 3 heterocycles. The fraction of sp³-hybridized carbons (Fsp3) is 0.0250. The molecule has 5 heteroatoms. The predicted octanol–water partition coefficient (Wildman–Crippen LogP) is 9.48. The molecule has 0 saturated heterocycles. The lowest BCUT2D eigenvalue weighted by Gasteiger charge is -2.11. The van der Waals surface area contributed by atoms with Crippen molar-refractivity contribution >= 4 is 61.9 Å². The normalized spacial score (nSPS) is 12.4. The number of hydrogen-bond donors (Lipinski definition) is 0. The highest BCUT2D eigenvalue weighted by Gasteiger charge is 2.21. The minimum Gasteiger partial charge on any atom is -0.317 e. The monoisotopic (exact) mass is 579 g/mol. The number of benzene rings is 5. The Bertz CT molecular complexity index is 2400. The van der Waals surface area contributed by atoms with E-state index in [0.29, 0.717) is 6.67 Å². The fourth-order valence-corrected chi connectivity index (χ4v) is 6.34. The molecule has 0 radical (unpaired) electrons. The molecule has 8 rings (SSSR count). The average Bonchev–Trinajstić information content (AvgIpc) is 3.62. The molecule has 0 spiro atoms. The molecule has 0 fully saturated rings. The number of aliphatic imine (C=N–C) groups is 2. The molecule has 0 unspecified atom stereocenters. The second-order valence-corrected chi connectivity index (χ2v) is 11.0. The zero-order valence-corrected chi connectivity index (χ0v) is 24.6. The van der Waals surface area contributed by atoms with Gasteiger partial charge in [0.25, 0.3) is 0 Å². The van der Waals surface area contributed by atoms with E-state index in [1.807, 2.05) is 60.8 Å². The van der Waals surface area contributed by atoms with Gasteiger partial charge < -0.3 is 9.13 Å². The van der Waals surface area contributed by atoms with Gasteiger partial charge >= 0.3 is 0 Å². The summed E-state index contributed by atoms with van der Waals surface area (Å²) in [5.74, 6) is 0. The van der Waals surface area contributed by atoms with Crippen LogP contribution < -0.4 is 0 Å². The Balaban J connectivity index is 1.42. The van der Waals surface area contributed by atoms with Gasteiger partial charge in [0.05, 0.1) is 39.0 Å². The maximum absolute atomic E-state index is 5.29. The van der Waals surface area contributed by atoms with Crippen LogP contribution in [0.5, 0.6) is 0 Å². The summed E-state index contributed by atoms with van der Waals surface area (Å²) < 4.78 is 4.67. The van der Waals surface area contributed by atoms with E-state index in [1.165, 1.54) is 5.39 Å². The summed E-state index contributed by atoms with van der Waals surface area (Å²) in [6.07, 6.45) is 4.06. The van der Waals surface area contributed by atoms with Crippen molar-refractivity contribution in [2.75, 3.05) is 0 Å². The third kappa shape index (κ3) is 4.53. The van der Waals surface area contributed by atoms with Crippen molar-refractivity contribution < 1.29 is 0 Å². The lowest BCUT2D eigenvalue weighted by Crippen LogP contribution is -2.04. The molecule has 0 bridgehead atoms. The largest absolute Gasteiger partial charge is 0.317 e. The van der Waals surface area contributed by atoms with Crippen LogP contribution in [0.25, 0.3) is 55.1 Å². The number of fused-ring (bicyclic) bond motifs is 7. The van der Waals surface area contributed by atoms with Gasteiger partial charge in [-0.2, -0.15) is 0 Å². The quantitative estimate of drug-likeness (QED) is 0.174. The topological polar surface area (TPSA) is 47.5 Å². The molecule has 0 aliphatic carbocycles. The number of para-hydroxylation sites is 3. The molecule has 0 amide bonds. The minimum absolute atomic E-state index is 0.390. The summed E-state index contributed by atoms with van der Waals surface area (Å²) in [4.78, 5) is 14.8. The maximum Gasteiger partial charge on any atom is 0.115 e. The Kier molecular flexibility index (Phi) is 6.61. The Labute approximate surface area is 260 Å². The highest BCUT2D eigenvalue weighted by molar-refractivity contribution is 6.21. The molecule has 0 saturated carbocycles. The van der Waals surface area contributed by atoms with Gasteiger partial charge in [-0.05, 0) is 42.6 Å². The van der Waals surface area contributed by atoms with Crippen LogP contribution >= 0.6 is 0 Å². The molecule has 214 valence electrons. The summed E-state index contributed by atoms with van der Waals surface area (Å²) in [5, 5.41) is 3.38. The number of allylic oxidation sites excluding steroid dienone is 1. The van der Waals surface area contributed by atoms with Crippen molar-refractivity contribution in [1.82, 2.24) is 14.1 Å². The van der Waals surface area contributed by atoms with E-state index >= 15 is 0 Å². The van der Waals surface area contributed by atoms with Crippen LogP contribution in [-0.4, -0.2) is 26.5 Å². The smallest absolute Gasteiger partial charge is 0.115 e. The van der Waals surface area contributed by atoms with Crippen LogP contribution in [-0.2, 0) is 6.67 Å². The molecule has 5 aromatic carbocycles. The van der Waals surface area contributed by atoms with Gasteiger partial charge in [0.1, 0.15) is 6.67 Å². The number of aromatic nitrogens is 3. The molecule has 0 N–H and O–H groups in total. The number of pyridine rings is 1. The summed E-state index contributed by atoms with van der Waals surface area (Å²) in [5.41, 5.74) is 10.1. The zero-order chi connectivity index (χ0) is 30.2. The Morgan fingerprint density at radius 1 is 0.622 bits per heavy atom. The van der Waals surface area contributed by atoms with E-state index in [-0.39, 0.29) is 0 Å². The summed E-state index contributed by atoms with van der Waals surface area (Å²) >= 11 is 0. The molecule has 0 aliphatic heterocycles. The van der Waals surface area contributed by atoms with Gasteiger partial charge in [-0.15, -0.1) is 0 Å². The van der Waals surface area contributed by atoms with Gasteiger partial charge in [-0.3, -0.25) is 15.0 Å². The van der Waals surface area contributed by atoms with Crippen LogP contribution in [0.15, 0.2) is 162 Å².